The zero-order chi connectivity index (χ0) is 23.6. The molecule has 32 heavy (non-hydrogen) atoms. The number of amides is 5. The highest BCUT2D eigenvalue weighted by atomic mass is 35.5. The van der Waals surface area contributed by atoms with Gasteiger partial charge in [-0.1, -0.05) is 29.3 Å². The van der Waals surface area contributed by atoms with Gasteiger partial charge in [0, 0.05) is 11.2 Å². The number of hydrogen-bond donors (Lipinski definition) is 2. The number of hydrazone groups is 1. The van der Waals surface area contributed by atoms with Crippen molar-refractivity contribution in [3.63, 3.8) is 0 Å². The van der Waals surface area contributed by atoms with Gasteiger partial charge in [0.1, 0.15) is 0 Å². The highest BCUT2D eigenvalue weighted by Crippen LogP contribution is 2.32. The maximum absolute atomic E-state index is 13.0. The topological polar surface area (TPSA) is 108 Å². The van der Waals surface area contributed by atoms with Crippen LogP contribution in [0, 0.1) is 5.92 Å². The predicted octanol–water partition coefficient (Wildman–Crippen LogP) is 3.63. The first kappa shape index (κ1) is 23.2. The van der Waals surface area contributed by atoms with Gasteiger partial charge in [-0.3, -0.25) is 19.7 Å². The van der Waals surface area contributed by atoms with Gasteiger partial charge >= 0.3 is 12.2 Å². The lowest BCUT2D eigenvalue weighted by molar-refractivity contribution is -0.138. The molecule has 13 heteroatoms. The molecule has 1 aliphatic heterocycles. The van der Waals surface area contributed by atoms with Gasteiger partial charge < -0.3 is 0 Å². The van der Waals surface area contributed by atoms with Crippen molar-refractivity contribution in [3.8, 4) is 0 Å². The molecular weight excluding hydrogens is 476 g/mol. The Labute approximate surface area is 188 Å². The standard InChI is InChI=1S/C19H11Cl2F3N4O4/c20-10-4-5-12(14(21)7-10)16(30)27-25-8-13-15(29)26-18(32)28(17(13)31)11-3-1-2-9(6-11)19(22,23)24/h1-8,13H,(H,27,30)(H,26,29,32)/b25-8-/t13-/m1/s1. The molecule has 1 heterocycles. The Bertz CT molecular complexity index is 1150. The number of barbiturate groups is 1. The molecular formula is C19H11Cl2F3N4O4. The summed E-state index contributed by atoms with van der Waals surface area (Å²) in [6.45, 7) is 0. The summed E-state index contributed by atoms with van der Waals surface area (Å²) >= 11 is 11.7. The van der Waals surface area contributed by atoms with E-state index in [0.717, 1.165) is 24.4 Å². The largest absolute Gasteiger partial charge is 0.416 e. The van der Waals surface area contributed by atoms with E-state index in [2.05, 4.69) is 10.5 Å². The van der Waals surface area contributed by atoms with Crippen LogP contribution in [0.15, 0.2) is 47.6 Å². The molecule has 3 rings (SSSR count). The van der Waals surface area contributed by atoms with Gasteiger partial charge in [0.05, 0.1) is 21.8 Å². The first-order valence-corrected chi connectivity index (χ1v) is 9.39. The van der Waals surface area contributed by atoms with Crippen LogP contribution in [0.5, 0.6) is 0 Å². The maximum atomic E-state index is 13.0. The van der Waals surface area contributed by atoms with Gasteiger partial charge in [0.2, 0.25) is 5.91 Å². The molecule has 1 aliphatic rings. The van der Waals surface area contributed by atoms with E-state index in [1.54, 1.807) is 0 Å². The number of alkyl halides is 3. The van der Waals surface area contributed by atoms with E-state index in [4.69, 9.17) is 23.2 Å². The molecule has 5 amide bonds. The Balaban J connectivity index is 1.80. The van der Waals surface area contributed by atoms with Gasteiger partial charge in [-0.05, 0) is 36.4 Å². The summed E-state index contributed by atoms with van der Waals surface area (Å²) in [5.41, 5.74) is 0.578. The molecule has 0 aromatic heterocycles. The average Bonchev–Trinajstić information content (AvgIpc) is 2.69. The molecule has 0 saturated carbocycles. The molecule has 1 atom stereocenters. The van der Waals surface area contributed by atoms with E-state index in [1.807, 2.05) is 5.32 Å². The zero-order valence-electron chi connectivity index (χ0n) is 15.6. The van der Waals surface area contributed by atoms with Gasteiger partial charge in [0.15, 0.2) is 5.92 Å². The number of imide groups is 2. The smallest absolute Gasteiger partial charge is 0.276 e. The maximum Gasteiger partial charge on any atom is 0.416 e. The van der Waals surface area contributed by atoms with Crippen LogP contribution in [0.2, 0.25) is 10.0 Å². The van der Waals surface area contributed by atoms with E-state index in [9.17, 15) is 32.3 Å². The van der Waals surface area contributed by atoms with E-state index in [1.165, 1.54) is 18.2 Å². The molecule has 0 bridgehead atoms. The van der Waals surface area contributed by atoms with Crippen molar-refractivity contribution < 1.29 is 32.3 Å². The molecule has 1 fully saturated rings. The molecule has 8 nitrogen and oxygen atoms in total. The monoisotopic (exact) mass is 486 g/mol. The fourth-order valence-electron chi connectivity index (χ4n) is 2.69. The van der Waals surface area contributed by atoms with Crippen molar-refractivity contribution in [1.29, 1.82) is 0 Å². The number of benzene rings is 2. The Hall–Kier alpha value is -3.44. The van der Waals surface area contributed by atoms with Crippen LogP contribution >= 0.6 is 23.2 Å². The van der Waals surface area contributed by atoms with Crippen LogP contribution in [0.1, 0.15) is 15.9 Å². The normalized spacial score (nSPS) is 17.0. The molecule has 2 aromatic rings. The highest BCUT2D eigenvalue weighted by Gasteiger charge is 2.41. The third-order valence-electron chi connectivity index (χ3n) is 4.20. The lowest BCUT2D eigenvalue weighted by Gasteiger charge is -2.28. The number of urea groups is 1. The number of carbonyl (C=O) groups excluding carboxylic acids is 4. The molecule has 0 aliphatic carbocycles. The summed E-state index contributed by atoms with van der Waals surface area (Å²) < 4.78 is 38.9. The number of halogens is 5. The molecule has 2 N–H and O–H groups in total. The van der Waals surface area contributed by atoms with Gasteiger partial charge in [-0.25, -0.2) is 15.1 Å². The van der Waals surface area contributed by atoms with Crippen molar-refractivity contribution in [2.24, 2.45) is 11.0 Å². The molecule has 1 saturated heterocycles. The van der Waals surface area contributed by atoms with Gasteiger partial charge in [0.25, 0.3) is 11.8 Å². The van der Waals surface area contributed by atoms with E-state index < -0.39 is 47.1 Å². The summed E-state index contributed by atoms with van der Waals surface area (Å²) in [6.07, 6.45) is -3.97. The summed E-state index contributed by atoms with van der Waals surface area (Å²) in [6, 6.07) is 6.28. The van der Waals surface area contributed by atoms with Gasteiger partial charge in [-0.2, -0.15) is 18.3 Å². The Kier molecular flexibility index (Phi) is 6.51. The molecule has 166 valence electrons. The van der Waals surface area contributed by atoms with Crippen molar-refractivity contribution >= 4 is 58.9 Å². The third-order valence-corrected chi connectivity index (χ3v) is 4.75. The van der Waals surface area contributed by atoms with Crippen molar-refractivity contribution in [2.75, 3.05) is 4.90 Å². The number of rotatable bonds is 4. The molecule has 2 aromatic carbocycles. The number of hydrogen-bond acceptors (Lipinski definition) is 5. The molecule has 0 radical (unpaired) electrons. The van der Waals surface area contributed by atoms with Crippen LogP contribution in [-0.2, 0) is 15.8 Å². The third kappa shape index (κ3) is 4.89. The quantitative estimate of drug-likeness (QED) is 0.390. The van der Waals surface area contributed by atoms with Crippen molar-refractivity contribution in [3.05, 3.63) is 63.6 Å². The summed E-state index contributed by atoms with van der Waals surface area (Å²) in [7, 11) is 0. The second-order valence-corrected chi connectivity index (χ2v) is 7.18. The summed E-state index contributed by atoms with van der Waals surface area (Å²) in [5, 5.41) is 5.70. The number of nitrogens with one attached hydrogen (secondary N) is 2. The summed E-state index contributed by atoms with van der Waals surface area (Å²) in [5.74, 6) is -4.69. The minimum absolute atomic E-state index is 0.00779. The van der Waals surface area contributed by atoms with Crippen molar-refractivity contribution in [2.45, 2.75) is 6.18 Å². The number of nitrogens with zero attached hydrogens (tertiary/aromatic N) is 2. The SMILES string of the molecule is O=C(N/N=C\[C@@H]1C(=O)NC(=O)N(c2cccc(C(F)(F)F)c2)C1=O)c1ccc(Cl)cc1Cl. The van der Waals surface area contributed by atoms with Crippen molar-refractivity contribution in [1.82, 2.24) is 10.7 Å². The van der Waals surface area contributed by atoms with Crippen LogP contribution < -0.4 is 15.6 Å². The predicted molar refractivity (Wildman–Crippen MR) is 108 cm³/mol. The van der Waals surface area contributed by atoms with Crippen LogP contribution in [0.4, 0.5) is 23.7 Å². The van der Waals surface area contributed by atoms with Crippen LogP contribution in [-0.4, -0.2) is 30.0 Å². The second kappa shape index (κ2) is 8.97. The lowest BCUT2D eigenvalue weighted by atomic mass is 10.1. The van der Waals surface area contributed by atoms with E-state index >= 15 is 0 Å². The van der Waals surface area contributed by atoms with E-state index in [-0.39, 0.29) is 10.6 Å². The lowest BCUT2D eigenvalue weighted by Crippen LogP contribution is -2.58. The fraction of sp³-hybridized carbons (Fsp3) is 0.105. The molecule has 0 spiro atoms. The highest BCUT2D eigenvalue weighted by molar-refractivity contribution is 6.37. The van der Waals surface area contributed by atoms with Gasteiger partial charge in [-0.15, -0.1) is 0 Å². The Morgan fingerprint density at radius 3 is 2.50 bits per heavy atom. The first-order chi connectivity index (χ1) is 15.0. The first-order valence-electron chi connectivity index (χ1n) is 8.63. The van der Waals surface area contributed by atoms with Crippen LogP contribution in [0.3, 0.4) is 0 Å². The second-order valence-electron chi connectivity index (χ2n) is 6.34. The summed E-state index contributed by atoms with van der Waals surface area (Å²) in [4.78, 5) is 49.4. The minimum atomic E-state index is -4.71. The number of anilines is 1. The van der Waals surface area contributed by atoms with E-state index in [0.29, 0.717) is 16.0 Å². The average molecular weight is 487 g/mol. The molecule has 0 unspecified atom stereocenters. The Morgan fingerprint density at radius 2 is 1.84 bits per heavy atom. The minimum Gasteiger partial charge on any atom is -0.276 e. The fourth-order valence-corrected chi connectivity index (χ4v) is 3.19. The zero-order valence-corrected chi connectivity index (χ0v) is 17.1. The number of carbonyl (C=O) groups is 4. The van der Waals surface area contributed by atoms with Crippen LogP contribution in [0.25, 0.3) is 0 Å². The Morgan fingerprint density at radius 1 is 1.12 bits per heavy atom.